The molecule has 3 aliphatic rings. The third-order valence-electron chi connectivity index (χ3n) is 6.77. The summed E-state index contributed by atoms with van der Waals surface area (Å²) in [5.74, 6) is 0.142. The fourth-order valence-corrected chi connectivity index (χ4v) is 5.19. The predicted molar refractivity (Wildman–Crippen MR) is 102 cm³/mol. The number of amides is 2. The van der Waals surface area contributed by atoms with Crippen molar-refractivity contribution in [2.45, 2.75) is 43.7 Å². The Kier molecular flexibility index (Phi) is 4.93. The predicted octanol–water partition coefficient (Wildman–Crippen LogP) is 2.51. The number of piperidine rings is 1. The number of hydrogen-bond acceptors (Lipinski definition) is 3. The van der Waals surface area contributed by atoms with Crippen LogP contribution in [0.1, 0.15) is 37.7 Å². The third kappa shape index (κ3) is 3.12. The van der Waals surface area contributed by atoms with Gasteiger partial charge in [0, 0.05) is 44.7 Å². The number of piperazine rings is 1. The van der Waals surface area contributed by atoms with Crippen LogP contribution in [0, 0.1) is 5.92 Å². The molecule has 4 rings (SSSR count). The van der Waals surface area contributed by atoms with E-state index in [-0.39, 0.29) is 18.0 Å². The fraction of sp³-hybridized carbons (Fsp3) is 0.667. The summed E-state index contributed by atoms with van der Waals surface area (Å²) < 4.78 is 0. The molecule has 2 aliphatic heterocycles. The highest BCUT2D eigenvalue weighted by atomic mass is 16.3. The molecule has 1 N–H and O–H groups in total. The van der Waals surface area contributed by atoms with Gasteiger partial charge in [0.05, 0.1) is 5.60 Å². The van der Waals surface area contributed by atoms with Crippen LogP contribution in [0.25, 0.3) is 0 Å². The zero-order chi connectivity index (χ0) is 18.1. The van der Waals surface area contributed by atoms with E-state index >= 15 is 0 Å². The molecule has 0 radical (unpaired) electrons. The average Bonchev–Trinajstić information content (AvgIpc) is 2.69. The highest BCUT2D eigenvalue weighted by Gasteiger charge is 2.50. The molecular weight excluding hydrogens is 326 g/mol. The average molecular weight is 357 g/mol. The van der Waals surface area contributed by atoms with Crippen LogP contribution in [-0.4, -0.2) is 71.7 Å². The number of benzene rings is 1. The molecule has 1 aromatic rings. The van der Waals surface area contributed by atoms with Gasteiger partial charge < -0.3 is 19.8 Å². The fourth-order valence-electron chi connectivity index (χ4n) is 5.19. The lowest BCUT2D eigenvalue weighted by Gasteiger charge is -2.53. The van der Waals surface area contributed by atoms with Crippen molar-refractivity contribution in [3.8, 4) is 0 Å². The van der Waals surface area contributed by atoms with Crippen molar-refractivity contribution >= 4 is 6.03 Å². The normalized spacial score (nSPS) is 33.0. The van der Waals surface area contributed by atoms with Gasteiger partial charge in [-0.1, -0.05) is 43.2 Å². The molecule has 5 nitrogen and oxygen atoms in total. The molecule has 2 heterocycles. The molecule has 5 heteroatoms. The first-order chi connectivity index (χ1) is 12.6. The van der Waals surface area contributed by atoms with Crippen molar-refractivity contribution < 1.29 is 9.90 Å². The smallest absolute Gasteiger partial charge is 0.320 e. The summed E-state index contributed by atoms with van der Waals surface area (Å²) in [5.41, 5.74) is 0.217. The summed E-state index contributed by atoms with van der Waals surface area (Å²) in [5, 5.41) is 11.6. The zero-order valence-corrected chi connectivity index (χ0v) is 15.8. The molecule has 0 spiro atoms. The molecular formula is C21H31N3O2. The molecule has 2 saturated heterocycles. The van der Waals surface area contributed by atoms with E-state index < -0.39 is 5.60 Å². The van der Waals surface area contributed by atoms with Crippen molar-refractivity contribution in [1.82, 2.24) is 14.7 Å². The van der Waals surface area contributed by atoms with E-state index in [0.29, 0.717) is 13.0 Å². The molecule has 0 aromatic heterocycles. The quantitative estimate of drug-likeness (QED) is 0.840. The van der Waals surface area contributed by atoms with Gasteiger partial charge in [-0.05, 0) is 31.9 Å². The minimum atomic E-state index is -0.800. The van der Waals surface area contributed by atoms with E-state index in [1.54, 1.807) is 0 Å². The van der Waals surface area contributed by atoms with Crippen LogP contribution in [0.2, 0.25) is 0 Å². The molecule has 2 amide bonds. The van der Waals surface area contributed by atoms with Gasteiger partial charge in [0.25, 0.3) is 0 Å². The number of aliphatic hydroxyl groups is 1. The van der Waals surface area contributed by atoms with Crippen LogP contribution in [-0.2, 0) is 5.60 Å². The summed E-state index contributed by atoms with van der Waals surface area (Å²) in [6, 6.07) is 10.4. The van der Waals surface area contributed by atoms with Crippen LogP contribution in [0.5, 0.6) is 0 Å². The number of likely N-dealkylation sites (tertiary alicyclic amines) is 1. The lowest BCUT2D eigenvalue weighted by atomic mass is 9.66. The van der Waals surface area contributed by atoms with Crippen molar-refractivity contribution in [2.75, 3.05) is 39.8 Å². The van der Waals surface area contributed by atoms with Gasteiger partial charge in [-0.25, -0.2) is 4.79 Å². The Balaban J connectivity index is 1.56. The maximum atomic E-state index is 13.2. The molecule has 1 aromatic carbocycles. The minimum Gasteiger partial charge on any atom is -0.385 e. The van der Waals surface area contributed by atoms with Crippen LogP contribution in [0.4, 0.5) is 4.79 Å². The van der Waals surface area contributed by atoms with Gasteiger partial charge >= 0.3 is 6.03 Å². The van der Waals surface area contributed by atoms with Gasteiger partial charge in [-0.15, -0.1) is 0 Å². The molecule has 26 heavy (non-hydrogen) atoms. The van der Waals surface area contributed by atoms with E-state index in [9.17, 15) is 9.90 Å². The van der Waals surface area contributed by atoms with E-state index in [2.05, 4.69) is 16.8 Å². The Hall–Kier alpha value is -1.59. The van der Waals surface area contributed by atoms with E-state index in [1.165, 1.54) is 0 Å². The highest BCUT2D eigenvalue weighted by Crippen LogP contribution is 2.47. The second kappa shape index (κ2) is 7.20. The van der Waals surface area contributed by atoms with E-state index in [1.807, 2.05) is 35.2 Å². The van der Waals surface area contributed by atoms with Crippen LogP contribution in [0.3, 0.4) is 0 Å². The Morgan fingerprint density at radius 2 is 1.73 bits per heavy atom. The topological polar surface area (TPSA) is 47.0 Å². The number of urea groups is 1. The summed E-state index contributed by atoms with van der Waals surface area (Å²) in [6.07, 6.45) is 4.95. The van der Waals surface area contributed by atoms with Gasteiger partial charge in [-0.2, -0.15) is 0 Å². The van der Waals surface area contributed by atoms with Gasteiger partial charge in [0.1, 0.15) is 0 Å². The Bertz CT molecular complexity index is 629. The van der Waals surface area contributed by atoms with Crippen molar-refractivity contribution in [2.24, 2.45) is 5.92 Å². The zero-order valence-electron chi connectivity index (χ0n) is 15.8. The largest absolute Gasteiger partial charge is 0.385 e. The summed E-state index contributed by atoms with van der Waals surface area (Å²) in [6.45, 7) is 4.17. The monoisotopic (exact) mass is 357 g/mol. The van der Waals surface area contributed by atoms with Crippen LogP contribution >= 0.6 is 0 Å². The second-order valence-electron chi connectivity index (χ2n) is 8.26. The Labute approximate surface area is 156 Å². The number of fused-ring (bicyclic) bond motifs is 1. The standard InChI is InChI=1S/C21H31N3O2/c1-22-13-15-23(16-14-22)20(25)24-12-11-21(26,17-7-3-2-4-8-17)18-9-5-6-10-19(18)24/h2-4,7-8,18-19,26H,5-6,9-16H2,1H3/t18-,19-,21+/m0/s1. The number of carbonyl (C=O) groups is 1. The first kappa shape index (κ1) is 17.8. The van der Waals surface area contributed by atoms with E-state index in [4.69, 9.17) is 0 Å². The first-order valence-electron chi connectivity index (χ1n) is 10.1. The molecule has 0 unspecified atom stereocenters. The van der Waals surface area contributed by atoms with Crippen LogP contribution < -0.4 is 0 Å². The first-order valence-corrected chi connectivity index (χ1v) is 10.1. The molecule has 0 bridgehead atoms. The minimum absolute atomic E-state index is 0.142. The lowest BCUT2D eigenvalue weighted by Crippen LogP contribution is -2.62. The number of likely N-dealkylation sites (N-methyl/N-ethyl adjacent to an activating group) is 1. The summed E-state index contributed by atoms with van der Waals surface area (Å²) in [4.78, 5) is 19.6. The second-order valence-corrected chi connectivity index (χ2v) is 8.26. The van der Waals surface area contributed by atoms with Crippen molar-refractivity contribution in [1.29, 1.82) is 0 Å². The van der Waals surface area contributed by atoms with Crippen LogP contribution in [0.15, 0.2) is 30.3 Å². The Morgan fingerprint density at radius 3 is 2.46 bits per heavy atom. The summed E-state index contributed by atoms with van der Waals surface area (Å²) >= 11 is 0. The number of carbonyl (C=O) groups excluding carboxylic acids is 1. The van der Waals surface area contributed by atoms with Gasteiger partial charge in [-0.3, -0.25) is 0 Å². The summed E-state index contributed by atoms with van der Waals surface area (Å²) in [7, 11) is 2.11. The maximum absolute atomic E-state index is 13.2. The van der Waals surface area contributed by atoms with Crippen molar-refractivity contribution in [3.63, 3.8) is 0 Å². The van der Waals surface area contributed by atoms with E-state index in [0.717, 1.165) is 57.4 Å². The van der Waals surface area contributed by atoms with Gasteiger partial charge in [0.15, 0.2) is 0 Å². The molecule has 142 valence electrons. The molecule has 1 saturated carbocycles. The molecule has 3 fully saturated rings. The third-order valence-corrected chi connectivity index (χ3v) is 6.77. The SMILES string of the molecule is CN1CCN(C(=O)N2CC[C@@](O)(c3ccccc3)[C@H]3CCCC[C@@H]32)CC1. The number of hydrogen-bond donors (Lipinski definition) is 1. The number of rotatable bonds is 1. The van der Waals surface area contributed by atoms with Gasteiger partial charge in [0.2, 0.25) is 0 Å². The Morgan fingerprint density at radius 1 is 1.04 bits per heavy atom. The van der Waals surface area contributed by atoms with Crippen molar-refractivity contribution in [3.05, 3.63) is 35.9 Å². The molecule has 1 aliphatic carbocycles. The lowest BCUT2D eigenvalue weighted by molar-refractivity contribution is -0.111. The molecule has 3 atom stereocenters. The number of nitrogens with zero attached hydrogens (tertiary/aromatic N) is 3. The highest BCUT2D eigenvalue weighted by molar-refractivity contribution is 5.75. The maximum Gasteiger partial charge on any atom is 0.320 e.